The molecule has 132 valence electrons. The first-order valence-corrected chi connectivity index (χ1v) is 9.73. The van der Waals surface area contributed by atoms with Gasteiger partial charge < -0.3 is 10.2 Å². The van der Waals surface area contributed by atoms with Crippen molar-refractivity contribution in [3.63, 3.8) is 0 Å². The Morgan fingerprint density at radius 3 is 2.76 bits per heavy atom. The van der Waals surface area contributed by atoms with E-state index in [0.717, 1.165) is 61.5 Å². The summed E-state index contributed by atoms with van der Waals surface area (Å²) in [4.78, 5) is 0. The molecule has 5 heteroatoms. The van der Waals surface area contributed by atoms with Gasteiger partial charge in [-0.25, -0.2) is 0 Å². The third kappa shape index (κ3) is 1.43. The molecule has 0 saturated heterocycles. The molecule has 0 unspecified atom stereocenters. The summed E-state index contributed by atoms with van der Waals surface area (Å²) < 4.78 is 0. The van der Waals surface area contributed by atoms with Crippen molar-refractivity contribution >= 4 is 11.0 Å². The summed E-state index contributed by atoms with van der Waals surface area (Å²) in [6.45, 7) is 2.34. The van der Waals surface area contributed by atoms with E-state index in [2.05, 4.69) is 34.5 Å². The fourth-order valence-corrected chi connectivity index (χ4v) is 7.71. The van der Waals surface area contributed by atoms with E-state index in [1.807, 2.05) is 0 Å². The van der Waals surface area contributed by atoms with Gasteiger partial charge >= 0.3 is 0 Å². The summed E-state index contributed by atoms with van der Waals surface area (Å²) in [6.07, 6.45) is 6.65. The average Bonchev–Trinajstić information content (AvgIpc) is 3.23. The summed E-state index contributed by atoms with van der Waals surface area (Å²) >= 11 is 0. The maximum atomic E-state index is 11.3. The molecule has 4 aliphatic rings. The van der Waals surface area contributed by atoms with Crippen LogP contribution in [0.25, 0.3) is 11.0 Å². The van der Waals surface area contributed by atoms with E-state index in [4.69, 9.17) is 0 Å². The molecule has 5 nitrogen and oxygen atoms in total. The minimum absolute atomic E-state index is 0.0242. The Kier molecular flexibility index (Phi) is 2.50. The molecule has 2 bridgehead atoms. The van der Waals surface area contributed by atoms with Gasteiger partial charge in [-0.3, -0.25) is 5.10 Å². The van der Waals surface area contributed by atoms with Gasteiger partial charge in [-0.2, -0.15) is 0 Å². The van der Waals surface area contributed by atoms with Crippen LogP contribution in [0.15, 0.2) is 12.1 Å². The lowest BCUT2D eigenvalue weighted by Gasteiger charge is -2.57. The van der Waals surface area contributed by atoms with Crippen molar-refractivity contribution in [2.45, 2.75) is 69.5 Å². The number of aliphatic hydroxyl groups excluding tert-OH is 1. The van der Waals surface area contributed by atoms with E-state index in [1.54, 1.807) is 0 Å². The third-order valence-electron chi connectivity index (χ3n) is 9.03. The van der Waals surface area contributed by atoms with Crippen LogP contribution in [-0.4, -0.2) is 31.2 Å². The molecule has 1 aromatic heterocycles. The highest BCUT2D eigenvalue weighted by Crippen LogP contribution is 2.78. The number of rotatable bonds is 0. The Bertz CT molecular complexity index is 882. The Labute approximate surface area is 146 Å². The van der Waals surface area contributed by atoms with Crippen molar-refractivity contribution < 1.29 is 10.2 Å². The largest absolute Gasteiger partial charge is 0.389 e. The molecule has 25 heavy (non-hydrogen) atoms. The van der Waals surface area contributed by atoms with Crippen molar-refractivity contribution in [3.8, 4) is 0 Å². The van der Waals surface area contributed by atoms with Crippen LogP contribution in [0.1, 0.15) is 75.0 Å². The molecular weight excluding hydrogens is 314 g/mol. The number of hydrogen-bond donors (Lipinski definition) is 3. The molecule has 2 aromatic rings. The van der Waals surface area contributed by atoms with E-state index in [9.17, 15) is 10.2 Å². The first kappa shape index (κ1) is 14.7. The zero-order valence-corrected chi connectivity index (χ0v) is 14.6. The molecule has 0 spiro atoms. The molecular formula is C20H25N3O2. The number of nitrogens with one attached hydrogen (secondary N) is 1. The third-order valence-corrected chi connectivity index (χ3v) is 9.03. The number of benzene rings is 1. The number of fused-ring (bicyclic) bond motifs is 5. The lowest BCUT2D eigenvalue weighted by molar-refractivity contribution is -0.109. The maximum absolute atomic E-state index is 11.3. The highest BCUT2D eigenvalue weighted by atomic mass is 16.3. The smallest absolute Gasteiger partial charge is 0.118 e. The van der Waals surface area contributed by atoms with Crippen molar-refractivity contribution in [1.82, 2.24) is 15.4 Å². The van der Waals surface area contributed by atoms with Gasteiger partial charge in [0.15, 0.2) is 0 Å². The maximum Gasteiger partial charge on any atom is 0.118 e. The van der Waals surface area contributed by atoms with Gasteiger partial charge in [0.05, 0.1) is 17.2 Å². The molecule has 3 N–H and O–H groups in total. The second kappa shape index (κ2) is 4.26. The van der Waals surface area contributed by atoms with E-state index < -0.39 is 11.7 Å². The molecule has 3 saturated carbocycles. The van der Waals surface area contributed by atoms with E-state index >= 15 is 0 Å². The van der Waals surface area contributed by atoms with Crippen LogP contribution in [-0.2, 0) is 0 Å². The molecule has 0 aliphatic heterocycles. The lowest BCUT2D eigenvalue weighted by Crippen LogP contribution is -2.52. The van der Waals surface area contributed by atoms with Crippen LogP contribution < -0.4 is 0 Å². The predicted molar refractivity (Wildman–Crippen MR) is 92.9 cm³/mol. The molecule has 3 fully saturated rings. The number of aromatic amines is 1. The Balaban J connectivity index is 1.54. The molecule has 1 aromatic carbocycles. The van der Waals surface area contributed by atoms with Crippen LogP contribution >= 0.6 is 0 Å². The van der Waals surface area contributed by atoms with Crippen LogP contribution in [0, 0.1) is 16.7 Å². The quantitative estimate of drug-likeness (QED) is 0.688. The van der Waals surface area contributed by atoms with Crippen molar-refractivity contribution in [2.75, 3.05) is 0 Å². The zero-order chi connectivity index (χ0) is 17.0. The van der Waals surface area contributed by atoms with Crippen molar-refractivity contribution in [1.29, 1.82) is 0 Å². The van der Waals surface area contributed by atoms with E-state index in [-0.39, 0.29) is 10.8 Å². The average molecular weight is 339 g/mol. The van der Waals surface area contributed by atoms with Gasteiger partial charge in [0.25, 0.3) is 0 Å². The lowest BCUT2D eigenvalue weighted by atomic mass is 9.48. The van der Waals surface area contributed by atoms with Gasteiger partial charge in [0.1, 0.15) is 5.52 Å². The number of hydrogen-bond acceptors (Lipinski definition) is 4. The molecule has 4 atom stereocenters. The van der Waals surface area contributed by atoms with Gasteiger partial charge in [-0.15, -0.1) is 5.10 Å². The fraction of sp³-hybridized carbons (Fsp3) is 0.700. The summed E-state index contributed by atoms with van der Waals surface area (Å²) in [7, 11) is 0. The molecule has 0 radical (unpaired) electrons. The van der Waals surface area contributed by atoms with Crippen LogP contribution in [0.3, 0.4) is 0 Å². The summed E-state index contributed by atoms with van der Waals surface area (Å²) in [5.41, 5.74) is 3.77. The normalized spacial score (nSPS) is 47.6. The van der Waals surface area contributed by atoms with Gasteiger partial charge in [0.2, 0.25) is 0 Å². The van der Waals surface area contributed by atoms with Crippen molar-refractivity contribution in [2.24, 2.45) is 16.7 Å². The second-order valence-electron chi connectivity index (χ2n) is 9.30. The number of aromatic nitrogens is 3. The molecule has 6 rings (SSSR count). The fourth-order valence-electron chi connectivity index (χ4n) is 7.71. The molecule has 4 aliphatic carbocycles. The minimum atomic E-state index is -0.476. The summed E-state index contributed by atoms with van der Waals surface area (Å²) in [6, 6.07) is 4.25. The van der Waals surface area contributed by atoms with Crippen LogP contribution in [0.4, 0.5) is 0 Å². The van der Waals surface area contributed by atoms with Gasteiger partial charge in [0, 0.05) is 11.0 Å². The Morgan fingerprint density at radius 1 is 1.16 bits per heavy atom. The van der Waals surface area contributed by atoms with Gasteiger partial charge in [-0.1, -0.05) is 18.2 Å². The Morgan fingerprint density at radius 2 is 1.96 bits per heavy atom. The minimum Gasteiger partial charge on any atom is -0.389 e. The highest BCUT2D eigenvalue weighted by molar-refractivity contribution is 5.80. The van der Waals surface area contributed by atoms with Gasteiger partial charge in [-0.05, 0) is 73.8 Å². The van der Waals surface area contributed by atoms with Crippen LogP contribution in [0.2, 0.25) is 0 Å². The summed E-state index contributed by atoms with van der Waals surface area (Å²) in [5.74, 6) is 0.947. The molecule has 1 heterocycles. The number of nitrogens with zero attached hydrogens (tertiary/aromatic N) is 2. The van der Waals surface area contributed by atoms with E-state index in [0.29, 0.717) is 11.8 Å². The first-order valence-electron chi connectivity index (χ1n) is 9.73. The summed E-state index contributed by atoms with van der Waals surface area (Å²) in [5, 5.41) is 33.5. The topological polar surface area (TPSA) is 82.0 Å². The first-order chi connectivity index (χ1) is 12.0. The monoisotopic (exact) mass is 339 g/mol. The van der Waals surface area contributed by atoms with Crippen molar-refractivity contribution in [3.05, 3.63) is 23.3 Å². The zero-order valence-electron chi connectivity index (χ0n) is 14.6. The number of H-pyrrole nitrogens is 1. The standard InChI is InChI=1S/C20H25N3O2/c1-18-5-4-11-12-2-3-14-17(22-23-21-14)16(12)15(24)10-13(11)19(18)6-8-20(18,25)9-7-19/h2-3,11,13,15,24-25H,4-10H2,1H3,(H,21,22,23)/t11-,13-,15+,18+,19?,20?/m1/s1. The SMILES string of the molecule is C[C@]12CC[C@@H]3c4ccc5[nH]nnc5c4[C@@H](O)C[C@H]3C13CCC2(O)CC3. The predicted octanol–water partition coefficient (Wildman–Crippen LogP) is 3.20. The van der Waals surface area contributed by atoms with Crippen LogP contribution in [0.5, 0.6) is 0 Å². The number of aliphatic hydroxyl groups is 2. The second-order valence-corrected chi connectivity index (χ2v) is 9.30. The Hall–Kier alpha value is -1.46. The van der Waals surface area contributed by atoms with E-state index in [1.165, 1.54) is 5.56 Å². The highest BCUT2D eigenvalue weighted by Gasteiger charge is 2.73. The molecule has 0 amide bonds.